The molecule has 4 heterocycles. The van der Waals surface area contributed by atoms with Gasteiger partial charge in [0.05, 0.1) is 10.9 Å². The standard InChI is InChI=1S/C32H41N9S/c1-6-25-23(24-17-36-41(20(24)3)18-32(4)12-11-21-15-22(21)16-32)9-10-28(37-25)40(5)27(33)14-19(2)29(34)38-31-39-30-26(42-31)8-7-13-35-30/h7-11,13-14,17,22,28,37H,6,12,15-16,18,33-34H2,1-5H3,(H,35,38,39)/b27-14+,29-19+. The number of aromatic nitrogens is 4. The molecule has 0 amide bonds. The van der Waals surface area contributed by atoms with Crippen molar-refractivity contribution in [2.75, 3.05) is 12.4 Å². The average molecular weight is 584 g/mol. The van der Waals surface area contributed by atoms with Crippen LogP contribution in [-0.2, 0) is 6.54 Å². The van der Waals surface area contributed by atoms with Gasteiger partial charge in [0.2, 0.25) is 0 Å². The van der Waals surface area contributed by atoms with E-state index in [9.17, 15) is 0 Å². The van der Waals surface area contributed by atoms with E-state index in [0.29, 0.717) is 22.4 Å². The number of allylic oxidation sites excluding steroid dienone is 7. The van der Waals surface area contributed by atoms with Gasteiger partial charge in [-0.05, 0) is 80.7 Å². The molecule has 6 N–H and O–H groups in total. The fourth-order valence-corrected chi connectivity index (χ4v) is 6.89. The van der Waals surface area contributed by atoms with E-state index in [4.69, 9.17) is 16.6 Å². The third-order valence-corrected chi connectivity index (χ3v) is 9.76. The van der Waals surface area contributed by atoms with Gasteiger partial charge in [0.15, 0.2) is 10.8 Å². The summed E-state index contributed by atoms with van der Waals surface area (Å²) < 4.78 is 3.21. The molecule has 2 aliphatic carbocycles. The molecule has 3 unspecified atom stereocenters. The van der Waals surface area contributed by atoms with Crippen molar-refractivity contribution in [2.45, 2.75) is 66.1 Å². The summed E-state index contributed by atoms with van der Waals surface area (Å²) in [6.45, 7) is 9.67. The number of nitrogens with one attached hydrogen (secondary N) is 2. The molecule has 6 rings (SSSR count). The zero-order valence-electron chi connectivity index (χ0n) is 25.1. The van der Waals surface area contributed by atoms with Crippen molar-refractivity contribution in [1.82, 2.24) is 30.0 Å². The second kappa shape index (κ2) is 11.0. The maximum Gasteiger partial charge on any atom is 0.190 e. The van der Waals surface area contributed by atoms with Crippen LogP contribution in [-0.4, -0.2) is 37.9 Å². The molecule has 0 saturated heterocycles. The van der Waals surface area contributed by atoms with Crippen LogP contribution >= 0.6 is 11.3 Å². The van der Waals surface area contributed by atoms with Gasteiger partial charge in [-0.1, -0.05) is 42.9 Å². The molecule has 3 aliphatic rings. The Labute approximate surface area is 251 Å². The van der Waals surface area contributed by atoms with Gasteiger partial charge in [-0.3, -0.25) is 4.68 Å². The number of dihydropyridines is 1. The molecule has 3 aromatic rings. The van der Waals surface area contributed by atoms with Gasteiger partial charge >= 0.3 is 0 Å². The molecule has 42 heavy (non-hydrogen) atoms. The van der Waals surface area contributed by atoms with E-state index >= 15 is 0 Å². The van der Waals surface area contributed by atoms with Crippen LogP contribution in [0.1, 0.15) is 57.7 Å². The van der Waals surface area contributed by atoms with E-state index in [1.165, 1.54) is 46.7 Å². The number of fused-ring (bicyclic) bond motifs is 2. The summed E-state index contributed by atoms with van der Waals surface area (Å²) in [7, 11) is 1.98. The lowest BCUT2D eigenvalue weighted by Gasteiger charge is -2.33. The lowest BCUT2D eigenvalue weighted by Crippen LogP contribution is -2.44. The third kappa shape index (κ3) is 5.55. The second-order valence-electron chi connectivity index (χ2n) is 12.1. The molecule has 220 valence electrons. The first kappa shape index (κ1) is 28.1. The molecular formula is C32H41N9S. The van der Waals surface area contributed by atoms with Crippen molar-refractivity contribution in [3.8, 4) is 0 Å². The van der Waals surface area contributed by atoms with Gasteiger partial charge in [-0.15, -0.1) is 0 Å². The van der Waals surface area contributed by atoms with E-state index in [0.717, 1.165) is 35.6 Å². The van der Waals surface area contributed by atoms with Crippen LogP contribution in [0.3, 0.4) is 0 Å². The first-order valence-corrected chi connectivity index (χ1v) is 15.5. The predicted molar refractivity (Wildman–Crippen MR) is 172 cm³/mol. The molecule has 10 heteroatoms. The van der Waals surface area contributed by atoms with Crippen LogP contribution < -0.4 is 22.1 Å². The summed E-state index contributed by atoms with van der Waals surface area (Å²) in [5.41, 5.74) is 21.2. The number of pyridine rings is 1. The number of rotatable bonds is 9. The van der Waals surface area contributed by atoms with Crippen LogP contribution in [0.2, 0.25) is 0 Å². The van der Waals surface area contributed by atoms with E-state index in [1.807, 2.05) is 43.3 Å². The van der Waals surface area contributed by atoms with E-state index in [1.54, 1.807) is 11.8 Å². The fourth-order valence-electron chi connectivity index (χ4n) is 6.06. The molecule has 9 nitrogen and oxygen atoms in total. The molecule has 0 aromatic carbocycles. The van der Waals surface area contributed by atoms with Crippen LogP contribution in [0.4, 0.5) is 5.13 Å². The van der Waals surface area contributed by atoms with Gasteiger partial charge < -0.3 is 27.0 Å². The highest BCUT2D eigenvalue weighted by molar-refractivity contribution is 7.22. The van der Waals surface area contributed by atoms with Crippen molar-refractivity contribution in [2.24, 2.45) is 22.8 Å². The topological polar surface area (TPSA) is 123 Å². The number of hydrogen-bond donors (Lipinski definition) is 4. The lowest BCUT2D eigenvalue weighted by molar-refractivity contribution is 0.222. The Morgan fingerprint density at radius 3 is 2.95 bits per heavy atom. The van der Waals surface area contributed by atoms with E-state index in [-0.39, 0.29) is 11.6 Å². The first-order chi connectivity index (χ1) is 20.1. The Morgan fingerprint density at radius 2 is 2.19 bits per heavy atom. The molecule has 3 aromatic heterocycles. The molecule has 1 fully saturated rings. The smallest absolute Gasteiger partial charge is 0.190 e. The zero-order valence-corrected chi connectivity index (χ0v) is 25.9. The van der Waals surface area contributed by atoms with Crippen LogP contribution in [0.25, 0.3) is 15.9 Å². The Kier molecular flexibility index (Phi) is 7.34. The maximum absolute atomic E-state index is 6.55. The van der Waals surface area contributed by atoms with Crippen molar-refractivity contribution < 1.29 is 0 Å². The van der Waals surface area contributed by atoms with Gasteiger partial charge in [0, 0.05) is 42.3 Å². The van der Waals surface area contributed by atoms with Crippen LogP contribution in [0.15, 0.2) is 77.3 Å². The Hall–Kier alpha value is -4.05. The molecule has 1 saturated carbocycles. The summed E-state index contributed by atoms with van der Waals surface area (Å²) in [5, 5.41) is 12.4. The minimum Gasteiger partial charge on any atom is -0.385 e. The highest BCUT2D eigenvalue weighted by Crippen LogP contribution is 2.52. The Morgan fingerprint density at radius 1 is 1.36 bits per heavy atom. The highest BCUT2D eigenvalue weighted by atomic mass is 32.1. The van der Waals surface area contributed by atoms with Gasteiger partial charge in [0.1, 0.15) is 17.8 Å². The highest BCUT2D eigenvalue weighted by Gasteiger charge is 2.41. The number of anilines is 1. The number of nitrogens with two attached hydrogens (primary N) is 2. The number of likely N-dealkylation sites (N-methyl/N-ethyl adjacent to an activating group) is 1. The third-order valence-electron chi connectivity index (χ3n) is 8.83. The number of thiazole rings is 1. The first-order valence-electron chi connectivity index (χ1n) is 14.7. The van der Waals surface area contributed by atoms with Crippen molar-refractivity contribution in [1.29, 1.82) is 0 Å². The summed E-state index contributed by atoms with van der Waals surface area (Å²) in [5.74, 6) is 1.91. The van der Waals surface area contributed by atoms with Gasteiger partial charge in [-0.25, -0.2) is 4.98 Å². The number of nitrogens with zero attached hydrogens (tertiary/aromatic N) is 5. The molecule has 1 aliphatic heterocycles. The average Bonchev–Trinajstić information content (AvgIpc) is 3.48. The molecule has 0 radical (unpaired) electrons. The van der Waals surface area contributed by atoms with E-state index in [2.05, 4.69) is 64.3 Å². The maximum atomic E-state index is 6.55. The van der Waals surface area contributed by atoms with Crippen molar-refractivity contribution in [3.05, 3.63) is 88.6 Å². The summed E-state index contributed by atoms with van der Waals surface area (Å²) in [4.78, 5) is 10.8. The number of hydrogen-bond acceptors (Lipinski definition) is 9. The molecule has 0 bridgehead atoms. The van der Waals surface area contributed by atoms with Crippen molar-refractivity contribution in [3.63, 3.8) is 0 Å². The second-order valence-corrected chi connectivity index (χ2v) is 13.2. The largest absolute Gasteiger partial charge is 0.385 e. The summed E-state index contributed by atoms with van der Waals surface area (Å²) >= 11 is 1.51. The van der Waals surface area contributed by atoms with E-state index < -0.39 is 0 Å². The Balaban J connectivity index is 1.14. The quantitative estimate of drug-likeness (QED) is 0.190. The monoisotopic (exact) mass is 583 g/mol. The predicted octanol–water partition coefficient (Wildman–Crippen LogP) is 5.58. The SMILES string of the molecule is CCC1=C(c2cnn(CC3(C)CC=C4CC4C3)c2C)C=CC(N(C)/C(N)=C/C(C)=C(\N)Nc2nc3ncccc3s2)N1. The van der Waals surface area contributed by atoms with Crippen LogP contribution in [0, 0.1) is 18.3 Å². The minimum absolute atomic E-state index is 0.0895. The lowest BCUT2D eigenvalue weighted by atomic mass is 9.78. The normalized spacial score (nSPS) is 24.2. The fraction of sp³-hybridized carbons (Fsp3) is 0.406. The van der Waals surface area contributed by atoms with Crippen LogP contribution in [0.5, 0.6) is 0 Å². The molecule has 3 atom stereocenters. The summed E-state index contributed by atoms with van der Waals surface area (Å²) in [6, 6.07) is 3.89. The zero-order chi connectivity index (χ0) is 29.6. The van der Waals surface area contributed by atoms with Crippen molar-refractivity contribution >= 4 is 32.4 Å². The van der Waals surface area contributed by atoms with Gasteiger partial charge in [0.25, 0.3) is 0 Å². The van der Waals surface area contributed by atoms with Gasteiger partial charge in [-0.2, -0.15) is 10.1 Å². The molecular weight excluding hydrogens is 542 g/mol. The molecule has 0 spiro atoms. The Bertz CT molecular complexity index is 1640. The minimum atomic E-state index is -0.0895. The summed E-state index contributed by atoms with van der Waals surface area (Å²) in [6.07, 6.45) is 17.0.